The number of amides is 5. The van der Waals surface area contributed by atoms with E-state index in [2.05, 4.69) is 15.4 Å². The van der Waals surface area contributed by atoms with Gasteiger partial charge in [0.1, 0.15) is 29.5 Å². The highest BCUT2D eigenvalue weighted by molar-refractivity contribution is 7.91. The monoisotopic (exact) mass is 837 g/mol. The summed E-state index contributed by atoms with van der Waals surface area (Å²) >= 11 is 0. The summed E-state index contributed by atoms with van der Waals surface area (Å²) in [5, 5.41) is 5.29. The average Bonchev–Trinajstić information content (AvgIpc) is 3.92. The van der Waals surface area contributed by atoms with Crippen molar-refractivity contribution in [2.24, 2.45) is 17.8 Å². The molecule has 0 unspecified atom stereocenters. The van der Waals surface area contributed by atoms with Crippen molar-refractivity contribution >= 4 is 39.9 Å². The summed E-state index contributed by atoms with van der Waals surface area (Å²) < 4.78 is 81.8. The molecule has 58 heavy (non-hydrogen) atoms. The van der Waals surface area contributed by atoms with Gasteiger partial charge in [-0.2, -0.15) is 0 Å². The summed E-state index contributed by atoms with van der Waals surface area (Å²) in [6.45, 7) is 7.66. The summed E-state index contributed by atoms with van der Waals surface area (Å²) in [4.78, 5) is 72.4. The van der Waals surface area contributed by atoms with E-state index in [1.807, 2.05) is 19.9 Å². The second-order valence-corrected chi connectivity index (χ2v) is 19.8. The Morgan fingerprint density at radius 1 is 1.09 bits per heavy atom. The van der Waals surface area contributed by atoms with Gasteiger partial charge in [-0.1, -0.05) is 44.6 Å². The van der Waals surface area contributed by atoms with Crippen molar-refractivity contribution in [3.63, 3.8) is 0 Å². The highest BCUT2D eigenvalue weighted by Crippen LogP contribution is 2.48. The molecule has 18 heteroatoms. The lowest BCUT2D eigenvalue weighted by molar-refractivity contribution is -0.152. The molecule has 1 aromatic rings. The summed E-state index contributed by atoms with van der Waals surface area (Å²) in [6, 6.07) is 1.74. The lowest BCUT2D eigenvalue weighted by atomic mass is 9.85. The standard InChI is InChI=1S/C40H54F3N5O9S/c1-7-24-17-23(2)11-8-9-13-26-19-40(26,34(51)46-58(54,55)38(5)15-16-38)45-32(49)30-18-27(56-36(53)47-20-25-12-10-14-29(41)28(25)22-47)21-48(30)33(50)31(24)44-35(52)57-37(3,4)39(6,42)43/h9-10,12-14,23-24,26-27,30-31H,7-8,11,15-22H2,1-6H3,(H,44,52)(H,45,49)(H,46,51)/t23-,24-,26-,27-,30+,31+,40-/m1/s1. The van der Waals surface area contributed by atoms with Gasteiger partial charge in [0.25, 0.3) is 11.8 Å². The van der Waals surface area contributed by atoms with E-state index < -0.39 is 97.6 Å². The van der Waals surface area contributed by atoms with E-state index in [9.17, 15) is 45.6 Å². The van der Waals surface area contributed by atoms with Crippen LogP contribution in [0.4, 0.5) is 22.8 Å². The molecule has 2 saturated carbocycles. The minimum absolute atomic E-state index is 0.0155. The molecule has 3 fully saturated rings. The van der Waals surface area contributed by atoms with Crippen LogP contribution in [0.15, 0.2) is 30.4 Å². The first-order valence-corrected chi connectivity index (χ1v) is 21.4. The number of allylic oxidation sites excluding steroid dienone is 1. The molecule has 320 valence electrons. The Bertz CT molecular complexity index is 1970. The van der Waals surface area contributed by atoms with Crippen LogP contribution in [0.25, 0.3) is 0 Å². The van der Waals surface area contributed by atoms with Crippen LogP contribution in [0.3, 0.4) is 0 Å². The minimum atomic E-state index is -4.09. The van der Waals surface area contributed by atoms with Crippen LogP contribution < -0.4 is 15.4 Å². The summed E-state index contributed by atoms with van der Waals surface area (Å²) in [7, 11) is -4.09. The molecule has 3 N–H and O–H groups in total. The number of hydrogen-bond donors (Lipinski definition) is 3. The van der Waals surface area contributed by atoms with Crippen molar-refractivity contribution in [3.8, 4) is 0 Å². The van der Waals surface area contributed by atoms with Crippen molar-refractivity contribution in [3.05, 3.63) is 47.3 Å². The van der Waals surface area contributed by atoms with E-state index in [0.717, 1.165) is 18.7 Å². The Morgan fingerprint density at radius 2 is 1.79 bits per heavy atom. The molecular formula is C40H54F3N5O9S. The molecule has 5 amide bonds. The number of carbonyl (C=O) groups is 5. The lowest BCUT2D eigenvalue weighted by Gasteiger charge is -2.35. The molecular weight excluding hydrogens is 784 g/mol. The second-order valence-electron chi connectivity index (χ2n) is 17.6. The van der Waals surface area contributed by atoms with Crippen LogP contribution in [0.2, 0.25) is 0 Å². The van der Waals surface area contributed by atoms with Crippen molar-refractivity contribution in [1.29, 1.82) is 0 Å². The number of hydrogen-bond acceptors (Lipinski definition) is 9. The molecule has 0 aromatic heterocycles. The Labute approximate surface area is 337 Å². The lowest BCUT2D eigenvalue weighted by Crippen LogP contribution is -2.60. The molecule has 1 saturated heterocycles. The molecule has 2 aliphatic carbocycles. The number of nitrogens with one attached hydrogen (secondary N) is 3. The van der Waals surface area contributed by atoms with E-state index >= 15 is 0 Å². The summed E-state index contributed by atoms with van der Waals surface area (Å²) in [6.07, 6.45) is 3.00. The molecule has 0 bridgehead atoms. The van der Waals surface area contributed by atoms with Gasteiger partial charge in [-0.25, -0.2) is 31.2 Å². The smallest absolute Gasteiger partial charge is 0.410 e. The fourth-order valence-corrected chi connectivity index (χ4v) is 9.33. The number of ether oxygens (including phenoxy) is 2. The SMILES string of the molecule is CC[C@@H]1C[C@H](C)CCC=C[C@@H]2C[C@@]2(C(=O)NS(=O)(=O)C2(C)CC2)NC(=O)[C@@H]2C[C@@H](OC(=O)N3Cc4cccc(F)c4C3)CN2C(=O)[C@H]1NC(=O)OC(C)(C)C(C)(F)F. The Kier molecular flexibility index (Phi) is 11.7. The summed E-state index contributed by atoms with van der Waals surface area (Å²) in [5.41, 5.74) is -2.98. The van der Waals surface area contributed by atoms with Gasteiger partial charge < -0.3 is 25.0 Å². The second kappa shape index (κ2) is 15.7. The first-order valence-electron chi connectivity index (χ1n) is 20.0. The predicted octanol–water partition coefficient (Wildman–Crippen LogP) is 5.05. The van der Waals surface area contributed by atoms with Gasteiger partial charge in [0.2, 0.25) is 21.8 Å². The van der Waals surface area contributed by atoms with Gasteiger partial charge in [0, 0.05) is 31.4 Å². The van der Waals surface area contributed by atoms with Crippen molar-refractivity contribution < 1.29 is 55.0 Å². The third-order valence-corrected chi connectivity index (χ3v) is 14.9. The van der Waals surface area contributed by atoms with Crippen molar-refractivity contribution in [1.82, 2.24) is 25.2 Å². The molecule has 0 spiro atoms. The fourth-order valence-electron chi connectivity index (χ4n) is 8.02. The van der Waals surface area contributed by atoms with E-state index in [1.54, 1.807) is 12.1 Å². The van der Waals surface area contributed by atoms with Gasteiger partial charge >= 0.3 is 12.2 Å². The Hall–Kier alpha value is -4.35. The maximum atomic E-state index is 14.8. The number of rotatable bonds is 8. The van der Waals surface area contributed by atoms with Crippen molar-refractivity contribution in [2.45, 2.75) is 146 Å². The zero-order valence-electron chi connectivity index (χ0n) is 33.7. The quantitative estimate of drug-likeness (QED) is 0.302. The Balaban J connectivity index is 1.32. The first-order chi connectivity index (χ1) is 27.0. The highest BCUT2D eigenvalue weighted by atomic mass is 32.2. The maximum Gasteiger partial charge on any atom is 0.410 e. The number of carbonyl (C=O) groups excluding carboxylic acids is 5. The minimum Gasteiger partial charge on any atom is -0.444 e. The van der Waals surface area contributed by atoms with Gasteiger partial charge in [0.15, 0.2) is 5.60 Å². The topological polar surface area (TPSA) is 181 Å². The van der Waals surface area contributed by atoms with Crippen molar-refractivity contribution in [2.75, 3.05) is 6.54 Å². The molecule has 14 nitrogen and oxygen atoms in total. The number of sulfonamides is 1. The number of halogens is 3. The van der Waals surface area contributed by atoms with Gasteiger partial charge in [-0.15, -0.1) is 0 Å². The molecule has 7 atom stereocenters. The number of fused-ring (bicyclic) bond motifs is 3. The highest BCUT2D eigenvalue weighted by Gasteiger charge is 2.63. The third kappa shape index (κ3) is 8.67. The van der Waals surface area contributed by atoms with E-state index in [0.29, 0.717) is 56.6 Å². The number of benzene rings is 1. The van der Waals surface area contributed by atoms with Crippen LogP contribution >= 0.6 is 0 Å². The predicted molar refractivity (Wildman–Crippen MR) is 204 cm³/mol. The number of nitrogens with zero attached hydrogens (tertiary/aromatic N) is 2. The van der Waals surface area contributed by atoms with Gasteiger partial charge in [-0.3, -0.25) is 24.0 Å². The van der Waals surface area contributed by atoms with Gasteiger partial charge in [-0.05, 0) is 82.8 Å². The molecule has 1 aromatic carbocycles. The van der Waals surface area contributed by atoms with Crippen LogP contribution in [0.5, 0.6) is 0 Å². The largest absolute Gasteiger partial charge is 0.444 e. The van der Waals surface area contributed by atoms with E-state index in [4.69, 9.17) is 9.47 Å². The molecule has 3 aliphatic heterocycles. The maximum absolute atomic E-state index is 14.8. The molecule has 3 heterocycles. The van der Waals surface area contributed by atoms with Crippen LogP contribution in [0.1, 0.15) is 104 Å². The molecule has 6 rings (SSSR count). The fraction of sp³-hybridized carbons (Fsp3) is 0.675. The normalized spacial score (nSPS) is 29.8. The molecule has 0 radical (unpaired) electrons. The average molecular weight is 838 g/mol. The van der Waals surface area contributed by atoms with Crippen LogP contribution in [-0.4, -0.2) is 94.7 Å². The van der Waals surface area contributed by atoms with E-state index in [1.165, 1.54) is 24.0 Å². The summed E-state index contributed by atoms with van der Waals surface area (Å²) in [5.74, 6) is -7.57. The van der Waals surface area contributed by atoms with Crippen LogP contribution in [0, 0.1) is 23.6 Å². The molecule has 5 aliphatic rings. The number of alkyl halides is 2. The van der Waals surface area contributed by atoms with E-state index in [-0.39, 0.29) is 38.4 Å². The zero-order valence-corrected chi connectivity index (χ0v) is 34.6. The number of alkyl carbamates (subject to hydrolysis) is 1. The zero-order chi connectivity index (χ0) is 42.6. The van der Waals surface area contributed by atoms with Gasteiger partial charge in [0.05, 0.1) is 17.8 Å². The van der Waals surface area contributed by atoms with Crippen LogP contribution in [-0.2, 0) is 47.0 Å². The third-order valence-electron chi connectivity index (χ3n) is 12.7. The Morgan fingerprint density at radius 3 is 2.43 bits per heavy atom. The first kappa shape index (κ1) is 43.2.